The number of hydrogen-bond acceptors (Lipinski definition) is 6. The summed E-state index contributed by atoms with van der Waals surface area (Å²) in [6.45, 7) is 0. The van der Waals surface area contributed by atoms with Crippen molar-refractivity contribution in [2.75, 3.05) is 17.3 Å². The van der Waals surface area contributed by atoms with Gasteiger partial charge in [-0.05, 0) is 48.6 Å². The molecular formula is C21H15N3O5S. The van der Waals surface area contributed by atoms with E-state index in [-0.39, 0.29) is 16.6 Å². The first-order chi connectivity index (χ1) is 14.5. The molecule has 1 aromatic heterocycles. The van der Waals surface area contributed by atoms with Crippen molar-refractivity contribution >= 4 is 46.4 Å². The maximum atomic E-state index is 12.7. The maximum absolute atomic E-state index is 12.7. The van der Waals surface area contributed by atoms with Crippen molar-refractivity contribution in [2.24, 2.45) is 0 Å². The number of benzene rings is 2. The Morgan fingerprint density at radius 3 is 2.33 bits per heavy atom. The summed E-state index contributed by atoms with van der Waals surface area (Å²) >= 11 is 5.15. The average Bonchev–Trinajstić information content (AvgIpc) is 3.36. The predicted octanol–water partition coefficient (Wildman–Crippen LogP) is 3.22. The minimum atomic E-state index is -0.493. The van der Waals surface area contributed by atoms with Gasteiger partial charge in [-0.15, -0.1) is 0 Å². The number of rotatable bonds is 4. The van der Waals surface area contributed by atoms with E-state index in [4.69, 9.17) is 21.4 Å². The van der Waals surface area contributed by atoms with E-state index in [1.165, 1.54) is 19.4 Å². The van der Waals surface area contributed by atoms with Crippen molar-refractivity contribution in [3.63, 3.8) is 0 Å². The van der Waals surface area contributed by atoms with Crippen LogP contribution in [-0.2, 0) is 0 Å². The molecule has 0 spiro atoms. The summed E-state index contributed by atoms with van der Waals surface area (Å²) < 4.78 is 10.4. The lowest BCUT2D eigenvalue weighted by atomic mass is 10.1. The molecule has 0 unspecified atom stereocenters. The smallest absolute Gasteiger partial charge is 0.293 e. The number of nitrogens with zero attached hydrogens (tertiary/aromatic N) is 1. The number of furan rings is 1. The molecule has 4 rings (SSSR count). The number of carbonyl (C=O) groups excluding carboxylic acids is 3. The summed E-state index contributed by atoms with van der Waals surface area (Å²) in [5.74, 6) is -0.925. The zero-order valence-electron chi connectivity index (χ0n) is 15.7. The molecule has 9 heteroatoms. The molecule has 0 aliphatic carbocycles. The fourth-order valence-electron chi connectivity index (χ4n) is 3.08. The quantitative estimate of drug-likeness (QED) is 0.493. The molecule has 1 aliphatic heterocycles. The second-order valence-corrected chi connectivity index (χ2v) is 6.67. The molecule has 2 N–H and O–H groups in total. The van der Waals surface area contributed by atoms with Crippen LogP contribution in [0.5, 0.6) is 5.75 Å². The third kappa shape index (κ3) is 3.42. The predicted molar refractivity (Wildman–Crippen MR) is 113 cm³/mol. The molecular weight excluding hydrogens is 406 g/mol. The number of hydrogen-bond donors (Lipinski definition) is 2. The molecule has 0 bridgehead atoms. The molecule has 3 amide bonds. The van der Waals surface area contributed by atoms with Gasteiger partial charge in [-0.2, -0.15) is 0 Å². The first-order valence-electron chi connectivity index (χ1n) is 8.81. The van der Waals surface area contributed by atoms with Gasteiger partial charge in [0.2, 0.25) is 0 Å². The molecule has 8 nitrogen and oxygen atoms in total. The van der Waals surface area contributed by atoms with Gasteiger partial charge in [0.15, 0.2) is 10.9 Å². The summed E-state index contributed by atoms with van der Waals surface area (Å²) in [5, 5.41) is 5.40. The Kier molecular flexibility index (Phi) is 5.03. The van der Waals surface area contributed by atoms with E-state index in [0.29, 0.717) is 22.5 Å². The molecule has 2 heterocycles. The van der Waals surface area contributed by atoms with Crippen LogP contribution >= 0.6 is 12.2 Å². The number of fused-ring (bicyclic) bond motifs is 1. The van der Waals surface area contributed by atoms with Crippen LogP contribution in [0.25, 0.3) is 0 Å². The van der Waals surface area contributed by atoms with E-state index in [1.54, 1.807) is 48.5 Å². The highest BCUT2D eigenvalue weighted by Crippen LogP contribution is 2.36. The van der Waals surface area contributed by atoms with Crippen LogP contribution in [0.1, 0.15) is 31.3 Å². The van der Waals surface area contributed by atoms with E-state index in [9.17, 15) is 14.4 Å². The molecule has 1 aliphatic rings. The van der Waals surface area contributed by atoms with Crippen LogP contribution in [0.15, 0.2) is 65.3 Å². The maximum Gasteiger partial charge on any atom is 0.293 e. The van der Waals surface area contributed by atoms with Gasteiger partial charge >= 0.3 is 0 Å². The third-order valence-electron chi connectivity index (χ3n) is 4.44. The summed E-state index contributed by atoms with van der Waals surface area (Å²) in [5.41, 5.74) is 1.49. The van der Waals surface area contributed by atoms with Gasteiger partial charge in [0.05, 0.1) is 30.2 Å². The van der Waals surface area contributed by atoms with Gasteiger partial charge in [-0.3, -0.25) is 19.7 Å². The highest BCUT2D eigenvalue weighted by atomic mass is 32.1. The van der Waals surface area contributed by atoms with E-state index >= 15 is 0 Å². The summed E-state index contributed by atoms with van der Waals surface area (Å²) in [7, 11) is 1.43. The molecule has 0 atom stereocenters. The van der Waals surface area contributed by atoms with Crippen molar-refractivity contribution < 1.29 is 23.5 Å². The number of methoxy groups -OCH3 is 1. The Morgan fingerprint density at radius 2 is 1.73 bits per heavy atom. The zero-order chi connectivity index (χ0) is 21.3. The largest absolute Gasteiger partial charge is 0.494 e. The summed E-state index contributed by atoms with van der Waals surface area (Å²) in [6, 6.07) is 14.5. The van der Waals surface area contributed by atoms with Crippen LogP contribution in [0, 0.1) is 0 Å². The average molecular weight is 421 g/mol. The van der Waals surface area contributed by atoms with Crippen molar-refractivity contribution in [3.05, 3.63) is 77.7 Å². The van der Waals surface area contributed by atoms with Crippen LogP contribution in [0.3, 0.4) is 0 Å². The number of nitrogens with one attached hydrogen (secondary N) is 2. The monoisotopic (exact) mass is 421 g/mol. The van der Waals surface area contributed by atoms with E-state index < -0.39 is 17.7 Å². The van der Waals surface area contributed by atoms with Crippen molar-refractivity contribution in [2.45, 2.75) is 0 Å². The van der Waals surface area contributed by atoms with E-state index in [1.807, 2.05) is 0 Å². The van der Waals surface area contributed by atoms with Crippen molar-refractivity contribution in [1.82, 2.24) is 5.32 Å². The van der Waals surface area contributed by atoms with Crippen molar-refractivity contribution in [1.29, 1.82) is 0 Å². The Morgan fingerprint density at radius 1 is 1.03 bits per heavy atom. The molecule has 0 fully saturated rings. The molecule has 150 valence electrons. The van der Waals surface area contributed by atoms with Gasteiger partial charge in [-0.25, -0.2) is 4.90 Å². The highest BCUT2D eigenvalue weighted by molar-refractivity contribution is 7.80. The van der Waals surface area contributed by atoms with E-state index in [0.717, 1.165) is 4.90 Å². The first-order valence-corrected chi connectivity index (χ1v) is 9.22. The summed E-state index contributed by atoms with van der Waals surface area (Å²) in [4.78, 5) is 38.5. The lowest BCUT2D eigenvalue weighted by molar-refractivity contribution is 0.0921. The number of amides is 3. The molecule has 3 aromatic rings. The van der Waals surface area contributed by atoms with Crippen LogP contribution in [0.2, 0.25) is 0 Å². The van der Waals surface area contributed by atoms with E-state index in [2.05, 4.69) is 10.6 Å². The SMILES string of the molecule is COc1cc(NC(=S)NC(=O)c2ccco2)ccc1N1C(=O)c2ccccc2C1=O. The molecule has 0 radical (unpaired) electrons. The third-order valence-corrected chi connectivity index (χ3v) is 4.65. The lowest BCUT2D eigenvalue weighted by Gasteiger charge is -2.18. The first kappa shape index (κ1) is 19.3. The second kappa shape index (κ2) is 7.80. The minimum absolute atomic E-state index is 0.0481. The Bertz CT molecular complexity index is 1140. The Labute approximate surface area is 176 Å². The fraction of sp³-hybridized carbons (Fsp3) is 0.0476. The number of ether oxygens (including phenoxy) is 1. The highest BCUT2D eigenvalue weighted by Gasteiger charge is 2.37. The topological polar surface area (TPSA) is 101 Å². The van der Waals surface area contributed by atoms with Crippen LogP contribution in [-0.4, -0.2) is 29.9 Å². The van der Waals surface area contributed by atoms with Crippen LogP contribution < -0.4 is 20.3 Å². The molecule has 0 saturated carbocycles. The number of carbonyl (C=O) groups is 3. The number of imide groups is 1. The number of anilines is 2. The fourth-order valence-corrected chi connectivity index (χ4v) is 3.29. The zero-order valence-corrected chi connectivity index (χ0v) is 16.5. The molecule has 30 heavy (non-hydrogen) atoms. The second-order valence-electron chi connectivity index (χ2n) is 6.26. The van der Waals surface area contributed by atoms with Crippen LogP contribution in [0.4, 0.5) is 11.4 Å². The standard InChI is InChI=1S/C21H15N3O5S/c1-28-17-11-12(22-21(30)23-18(25)16-7-4-10-29-16)8-9-15(17)24-19(26)13-5-2-3-6-14(13)20(24)27/h2-11H,1H3,(H2,22,23,25,30). The summed E-state index contributed by atoms with van der Waals surface area (Å²) in [6.07, 6.45) is 1.38. The Hall–Kier alpha value is -3.98. The van der Waals surface area contributed by atoms with Gasteiger partial charge in [-0.1, -0.05) is 12.1 Å². The molecule has 2 aromatic carbocycles. The van der Waals surface area contributed by atoms with Crippen molar-refractivity contribution in [3.8, 4) is 5.75 Å². The minimum Gasteiger partial charge on any atom is -0.494 e. The van der Waals surface area contributed by atoms with Gasteiger partial charge in [0, 0.05) is 11.8 Å². The lowest BCUT2D eigenvalue weighted by Crippen LogP contribution is -2.34. The van der Waals surface area contributed by atoms with Gasteiger partial charge in [0.1, 0.15) is 5.75 Å². The van der Waals surface area contributed by atoms with Gasteiger partial charge in [0.25, 0.3) is 17.7 Å². The normalized spacial score (nSPS) is 12.5. The molecule has 0 saturated heterocycles. The number of thiocarbonyl (C=S) groups is 1. The Balaban J connectivity index is 1.54. The van der Waals surface area contributed by atoms with Gasteiger partial charge < -0.3 is 14.5 Å².